The van der Waals surface area contributed by atoms with E-state index in [1.807, 2.05) is 6.07 Å². The molecule has 1 aliphatic rings. The quantitative estimate of drug-likeness (QED) is 0.720. The first-order chi connectivity index (χ1) is 13.1. The molecule has 0 radical (unpaired) electrons. The zero-order chi connectivity index (χ0) is 19.2. The number of hydrogen-bond donors (Lipinski definition) is 0. The van der Waals surface area contributed by atoms with E-state index in [1.54, 1.807) is 22.3 Å². The third kappa shape index (κ3) is 4.95. The van der Waals surface area contributed by atoms with E-state index in [4.69, 9.17) is 4.74 Å². The number of carbonyl (C=O) groups excluding carboxylic acids is 1. The Bertz CT molecular complexity index is 747. The number of methoxy groups -OCH3 is 1. The van der Waals surface area contributed by atoms with Crippen LogP contribution in [0.25, 0.3) is 0 Å². The van der Waals surface area contributed by atoms with Crippen molar-refractivity contribution in [3.63, 3.8) is 0 Å². The van der Waals surface area contributed by atoms with Gasteiger partial charge in [-0.3, -0.25) is 9.69 Å². The van der Waals surface area contributed by atoms with E-state index >= 15 is 0 Å². The summed E-state index contributed by atoms with van der Waals surface area (Å²) < 4.78 is 35.2. The summed E-state index contributed by atoms with van der Waals surface area (Å²) in [5.41, 5.74) is 0.0988. The molecule has 0 spiro atoms. The molecule has 1 aromatic heterocycles. The SMILES string of the molecule is COc1cccc(C(=O)N2CCN(CCc3cccs3)CC2)c1OC(F)F. The minimum Gasteiger partial charge on any atom is -0.493 e. The number of carbonyl (C=O) groups is 1. The Morgan fingerprint density at radius 1 is 1.19 bits per heavy atom. The van der Waals surface area contributed by atoms with Crippen LogP contribution in [0.5, 0.6) is 11.5 Å². The van der Waals surface area contributed by atoms with Gasteiger partial charge in [0.05, 0.1) is 12.7 Å². The summed E-state index contributed by atoms with van der Waals surface area (Å²) in [6.07, 6.45) is 0.994. The molecule has 0 aliphatic carbocycles. The second-order valence-electron chi connectivity index (χ2n) is 6.18. The first-order valence-electron chi connectivity index (χ1n) is 8.74. The van der Waals surface area contributed by atoms with E-state index in [-0.39, 0.29) is 23.0 Å². The van der Waals surface area contributed by atoms with Gasteiger partial charge in [-0.1, -0.05) is 12.1 Å². The Hall–Kier alpha value is -2.19. The Morgan fingerprint density at radius 3 is 2.59 bits per heavy atom. The monoisotopic (exact) mass is 396 g/mol. The van der Waals surface area contributed by atoms with Gasteiger partial charge in [0, 0.05) is 37.6 Å². The maximum absolute atomic E-state index is 12.9. The van der Waals surface area contributed by atoms with Crippen LogP contribution in [0.3, 0.4) is 0 Å². The molecule has 0 saturated carbocycles. The van der Waals surface area contributed by atoms with Crippen molar-refractivity contribution in [1.82, 2.24) is 9.80 Å². The lowest BCUT2D eigenvalue weighted by atomic mass is 10.1. The molecule has 1 aromatic carbocycles. The zero-order valence-electron chi connectivity index (χ0n) is 15.1. The lowest BCUT2D eigenvalue weighted by molar-refractivity contribution is -0.0517. The average Bonchev–Trinajstić information content (AvgIpc) is 3.19. The van der Waals surface area contributed by atoms with Crippen LogP contribution in [-0.2, 0) is 6.42 Å². The summed E-state index contributed by atoms with van der Waals surface area (Å²) in [7, 11) is 1.36. The van der Waals surface area contributed by atoms with Gasteiger partial charge in [-0.05, 0) is 30.0 Å². The molecule has 0 bridgehead atoms. The molecule has 146 valence electrons. The highest BCUT2D eigenvalue weighted by molar-refractivity contribution is 7.09. The molecule has 0 unspecified atom stereocenters. The van der Waals surface area contributed by atoms with E-state index in [2.05, 4.69) is 21.1 Å². The fourth-order valence-corrected chi connectivity index (χ4v) is 3.82. The molecular formula is C19H22F2N2O3S. The summed E-state index contributed by atoms with van der Waals surface area (Å²) in [5.74, 6) is -0.404. The minimum absolute atomic E-state index is 0.0988. The van der Waals surface area contributed by atoms with Crippen LogP contribution in [0.4, 0.5) is 8.78 Å². The molecule has 27 heavy (non-hydrogen) atoms. The van der Waals surface area contributed by atoms with Crippen LogP contribution in [0.15, 0.2) is 35.7 Å². The van der Waals surface area contributed by atoms with E-state index < -0.39 is 6.61 Å². The van der Waals surface area contributed by atoms with Crippen molar-refractivity contribution in [2.75, 3.05) is 39.8 Å². The van der Waals surface area contributed by atoms with Gasteiger partial charge < -0.3 is 14.4 Å². The molecule has 2 heterocycles. The lowest BCUT2D eigenvalue weighted by Gasteiger charge is -2.35. The first kappa shape index (κ1) is 19.6. The van der Waals surface area contributed by atoms with Crippen molar-refractivity contribution in [1.29, 1.82) is 0 Å². The number of alkyl halides is 2. The van der Waals surface area contributed by atoms with Crippen LogP contribution in [0.2, 0.25) is 0 Å². The molecule has 2 aromatic rings. The number of piperazine rings is 1. The van der Waals surface area contributed by atoms with Crippen molar-refractivity contribution in [3.05, 3.63) is 46.2 Å². The van der Waals surface area contributed by atoms with E-state index in [0.29, 0.717) is 13.1 Å². The molecule has 1 amide bonds. The highest BCUT2D eigenvalue weighted by Gasteiger charge is 2.27. The minimum atomic E-state index is -3.03. The van der Waals surface area contributed by atoms with Crippen LogP contribution >= 0.6 is 11.3 Å². The second-order valence-corrected chi connectivity index (χ2v) is 7.21. The maximum atomic E-state index is 12.9. The number of rotatable bonds is 7. The molecule has 3 rings (SSSR count). The normalized spacial score (nSPS) is 15.2. The molecule has 5 nitrogen and oxygen atoms in total. The third-order valence-corrected chi connectivity index (χ3v) is 5.49. The number of benzene rings is 1. The number of ether oxygens (including phenoxy) is 2. The number of amides is 1. The highest BCUT2D eigenvalue weighted by atomic mass is 32.1. The Kier molecular flexibility index (Phi) is 6.63. The number of thiophene rings is 1. The lowest BCUT2D eigenvalue weighted by Crippen LogP contribution is -2.49. The number of nitrogens with zero attached hydrogens (tertiary/aromatic N) is 2. The highest BCUT2D eigenvalue weighted by Crippen LogP contribution is 2.33. The van der Waals surface area contributed by atoms with Gasteiger partial charge >= 0.3 is 6.61 Å². The first-order valence-corrected chi connectivity index (χ1v) is 9.62. The summed E-state index contributed by atoms with van der Waals surface area (Å²) in [6, 6.07) is 8.76. The fraction of sp³-hybridized carbons (Fsp3) is 0.421. The predicted molar refractivity (Wildman–Crippen MR) is 100.0 cm³/mol. The average molecular weight is 396 g/mol. The van der Waals surface area contributed by atoms with Crippen molar-refractivity contribution < 1.29 is 23.0 Å². The number of halogens is 2. The molecular weight excluding hydrogens is 374 g/mol. The zero-order valence-corrected chi connectivity index (χ0v) is 15.9. The van der Waals surface area contributed by atoms with Gasteiger partial charge in [0.1, 0.15) is 0 Å². The third-order valence-electron chi connectivity index (χ3n) is 4.55. The molecule has 8 heteroatoms. The Labute approximate surface area is 161 Å². The topological polar surface area (TPSA) is 42.0 Å². The van der Waals surface area contributed by atoms with Gasteiger partial charge in [0.25, 0.3) is 5.91 Å². The van der Waals surface area contributed by atoms with Gasteiger partial charge in [0.2, 0.25) is 0 Å². The Morgan fingerprint density at radius 2 is 1.96 bits per heavy atom. The van der Waals surface area contributed by atoms with Crippen LogP contribution in [0.1, 0.15) is 15.2 Å². The van der Waals surface area contributed by atoms with Crippen molar-refractivity contribution >= 4 is 17.2 Å². The van der Waals surface area contributed by atoms with Gasteiger partial charge in [-0.2, -0.15) is 8.78 Å². The second kappa shape index (κ2) is 9.14. The van der Waals surface area contributed by atoms with Gasteiger partial charge in [-0.15, -0.1) is 11.3 Å². The van der Waals surface area contributed by atoms with Crippen molar-refractivity contribution in [3.8, 4) is 11.5 Å². The summed E-state index contributed by atoms with van der Waals surface area (Å²) >= 11 is 1.75. The number of hydrogen-bond acceptors (Lipinski definition) is 5. The molecule has 0 N–H and O–H groups in total. The van der Waals surface area contributed by atoms with Crippen molar-refractivity contribution in [2.24, 2.45) is 0 Å². The smallest absolute Gasteiger partial charge is 0.387 e. The van der Waals surface area contributed by atoms with Gasteiger partial charge in [0.15, 0.2) is 11.5 Å². The number of para-hydroxylation sites is 1. The molecule has 1 saturated heterocycles. The standard InChI is InChI=1S/C19H22F2N2O3S/c1-25-16-6-2-5-15(17(16)26-19(20)21)18(24)23-11-9-22(10-12-23)8-7-14-4-3-13-27-14/h2-6,13,19H,7-12H2,1H3. The van der Waals surface area contributed by atoms with E-state index in [1.165, 1.54) is 24.1 Å². The maximum Gasteiger partial charge on any atom is 0.387 e. The Balaban J connectivity index is 1.62. The van der Waals surface area contributed by atoms with Crippen LogP contribution < -0.4 is 9.47 Å². The molecule has 0 atom stereocenters. The predicted octanol–water partition coefficient (Wildman–Crippen LogP) is 3.36. The summed E-state index contributed by atoms with van der Waals surface area (Å²) in [6.45, 7) is 0.532. The van der Waals surface area contributed by atoms with Crippen molar-refractivity contribution in [2.45, 2.75) is 13.0 Å². The van der Waals surface area contributed by atoms with Gasteiger partial charge in [-0.25, -0.2) is 0 Å². The van der Waals surface area contributed by atoms with E-state index in [0.717, 1.165) is 26.1 Å². The summed E-state index contributed by atoms with van der Waals surface area (Å²) in [5, 5.41) is 2.07. The molecule has 1 aliphatic heterocycles. The largest absolute Gasteiger partial charge is 0.493 e. The summed E-state index contributed by atoms with van der Waals surface area (Å²) in [4.78, 5) is 18.2. The van der Waals surface area contributed by atoms with E-state index in [9.17, 15) is 13.6 Å². The molecule has 1 fully saturated rings. The van der Waals surface area contributed by atoms with Crippen LogP contribution in [-0.4, -0.2) is 62.2 Å². The fourth-order valence-electron chi connectivity index (χ4n) is 3.12. The van der Waals surface area contributed by atoms with Crippen LogP contribution in [0, 0.1) is 0 Å².